The molecular formula is C35H40N2O5S. The second-order valence-electron chi connectivity index (χ2n) is 14.2. The van der Waals surface area contributed by atoms with E-state index in [4.69, 9.17) is 14.5 Å². The quantitative estimate of drug-likeness (QED) is 0.427. The van der Waals surface area contributed by atoms with Gasteiger partial charge in [-0.25, -0.2) is 4.98 Å². The Morgan fingerprint density at radius 3 is 2.74 bits per heavy atom. The summed E-state index contributed by atoms with van der Waals surface area (Å²) in [5.74, 6) is 0.979. The van der Waals surface area contributed by atoms with Crippen LogP contribution in [0.5, 0.6) is 0 Å². The van der Waals surface area contributed by atoms with Gasteiger partial charge in [0.25, 0.3) is 0 Å². The van der Waals surface area contributed by atoms with Gasteiger partial charge < -0.3 is 14.6 Å². The lowest BCUT2D eigenvalue weighted by molar-refractivity contribution is -0.205. The number of carbonyl (C=O) groups excluding carboxylic acids is 2. The second-order valence-corrected chi connectivity index (χ2v) is 15.2. The van der Waals surface area contributed by atoms with Gasteiger partial charge >= 0.3 is 0 Å². The summed E-state index contributed by atoms with van der Waals surface area (Å²) in [6.07, 6.45) is 13.4. The van der Waals surface area contributed by atoms with E-state index in [0.29, 0.717) is 17.4 Å². The summed E-state index contributed by atoms with van der Waals surface area (Å²) in [6.45, 7) is 4.38. The van der Waals surface area contributed by atoms with Gasteiger partial charge in [-0.1, -0.05) is 62.2 Å². The first kappa shape index (κ1) is 28.1. The van der Waals surface area contributed by atoms with Gasteiger partial charge in [0, 0.05) is 22.7 Å². The number of nitrogens with zero attached hydrogens (tertiary/aromatic N) is 2. The van der Waals surface area contributed by atoms with E-state index in [1.807, 2.05) is 30.3 Å². The Kier molecular flexibility index (Phi) is 6.58. The van der Waals surface area contributed by atoms with Crippen molar-refractivity contribution in [2.24, 2.45) is 34.5 Å². The van der Waals surface area contributed by atoms with Crippen molar-refractivity contribution in [3.8, 4) is 0 Å². The van der Waals surface area contributed by atoms with E-state index in [9.17, 15) is 14.7 Å². The molecule has 7 nitrogen and oxygen atoms in total. The summed E-state index contributed by atoms with van der Waals surface area (Å²) in [5, 5.41) is 12.7. The third-order valence-electron chi connectivity index (χ3n) is 12.2. The highest BCUT2D eigenvalue weighted by Crippen LogP contribution is 2.70. The molecule has 0 radical (unpaired) electrons. The fraction of sp³-hybridized carbons (Fsp3) is 0.600. The van der Waals surface area contributed by atoms with Gasteiger partial charge in [0.15, 0.2) is 23.5 Å². The molecule has 1 aliphatic heterocycles. The van der Waals surface area contributed by atoms with Crippen LogP contribution in [0.2, 0.25) is 0 Å². The topological polar surface area (TPSA) is 98.6 Å². The van der Waals surface area contributed by atoms with E-state index in [0.717, 1.165) is 48.7 Å². The molecule has 8 heteroatoms. The molecule has 8 rings (SSSR count). The molecule has 2 aromatic rings. The Bertz CT molecular complexity index is 1550. The van der Waals surface area contributed by atoms with E-state index in [1.54, 1.807) is 18.3 Å². The minimum Gasteiger partial charge on any atom is -0.393 e. The zero-order chi connectivity index (χ0) is 29.6. The van der Waals surface area contributed by atoms with Crippen molar-refractivity contribution in [2.45, 2.75) is 94.3 Å². The van der Waals surface area contributed by atoms with Crippen molar-refractivity contribution in [3.63, 3.8) is 0 Å². The van der Waals surface area contributed by atoms with Crippen molar-refractivity contribution >= 4 is 34.4 Å². The molecule has 4 saturated carbocycles. The molecule has 0 amide bonds. The van der Waals surface area contributed by atoms with Crippen LogP contribution in [0.25, 0.3) is 11.0 Å². The number of aromatic nitrogens is 2. The van der Waals surface area contributed by atoms with Gasteiger partial charge in [-0.05, 0) is 74.6 Å². The Morgan fingerprint density at radius 1 is 1.14 bits per heavy atom. The maximum Gasteiger partial charge on any atom is 0.178 e. The number of hydrogen-bond donors (Lipinski definition) is 1. The maximum absolute atomic E-state index is 14.7. The fourth-order valence-corrected chi connectivity index (χ4v) is 11.1. The summed E-state index contributed by atoms with van der Waals surface area (Å²) >= 11 is 1.41. The molecule has 1 aromatic heterocycles. The molecule has 1 aromatic carbocycles. The van der Waals surface area contributed by atoms with E-state index in [2.05, 4.69) is 18.8 Å². The Labute approximate surface area is 256 Å². The lowest BCUT2D eigenvalue weighted by Gasteiger charge is -2.59. The molecule has 5 aliphatic carbocycles. The predicted octanol–water partition coefficient (Wildman–Crippen LogP) is 5.85. The summed E-state index contributed by atoms with van der Waals surface area (Å²) in [4.78, 5) is 36.2. The van der Waals surface area contributed by atoms with Gasteiger partial charge in [-0.15, -0.1) is 0 Å². The monoisotopic (exact) mass is 600 g/mol. The second kappa shape index (κ2) is 10.1. The van der Waals surface area contributed by atoms with Gasteiger partial charge in [-0.3, -0.25) is 14.6 Å². The van der Waals surface area contributed by atoms with Crippen LogP contribution >= 0.6 is 11.8 Å². The number of aliphatic hydroxyl groups is 1. The number of para-hydroxylation sites is 2. The average Bonchev–Trinajstić information content (AvgIpc) is 3.71. The number of carbonyl (C=O) groups is 2. The number of fused-ring (bicyclic) bond motifs is 8. The first-order valence-corrected chi connectivity index (χ1v) is 17.0. The van der Waals surface area contributed by atoms with Crippen LogP contribution in [0.4, 0.5) is 0 Å². The summed E-state index contributed by atoms with van der Waals surface area (Å²) in [7, 11) is 0. The van der Waals surface area contributed by atoms with Gasteiger partial charge in [-0.2, -0.15) is 0 Å². The number of Topliss-reactive ketones (excluding diaryl/α,β-unsaturated/α-hetero) is 1. The van der Waals surface area contributed by atoms with Gasteiger partial charge in [0.1, 0.15) is 5.03 Å². The van der Waals surface area contributed by atoms with Crippen LogP contribution < -0.4 is 0 Å². The maximum atomic E-state index is 14.7. The lowest BCUT2D eigenvalue weighted by atomic mass is 9.46. The van der Waals surface area contributed by atoms with E-state index in [-0.39, 0.29) is 52.9 Å². The Morgan fingerprint density at radius 2 is 1.93 bits per heavy atom. The number of thioether (sulfide) groups is 1. The summed E-state index contributed by atoms with van der Waals surface area (Å²) in [6, 6.07) is 7.76. The van der Waals surface area contributed by atoms with E-state index < -0.39 is 17.1 Å². The molecule has 6 unspecified atom stereocenters. The minimum absolute atomic E-state index is 0.00576. The molecule has 9 atom stereocenters. The molecule has 0 bridgehead atoms. The molecule has 2 heterocycles. The number of allylic oxidation sites excluding steroid dienone is 4. The summed E-state index contributed by atoms with van der Waals surface area (Å²) in [5.41, 5.74) is 0.745. The third kappa shape index (κ3) is 4.05. The summed E-state index contributed by atoms with van der Waals surface area (Å²) < 4.78 is 13.8. The molecular weight excluding hydrogens is 560 g/mol. The van der Waals surface area contributed by atoms with Crippen LogP contribution in [0.3, 0.4) is 0 Å². The molecule has 1 N–H and O–H groups in total. The zero-order valence-electron chi connectivity index (χ0n) is 24.9. The largest absolute Gasteiger partial charge is 0.393 e. The van der Waals surface area contributed by atoms with Crippen molar-refractivity contribution < 1.29 is 24.2 Å². The molecule has 43 heavy (non-hydrogen) atoms. The molecule has 1 saturated heterocycles. The molecule has 6 aliphatic rings. The highest BCUT2D eigenvalue weighted by atomic mass is 32.2. The Hall–Kier alpha value is -2.39. The van der Waals surface area contributed by atoms with Gasteiger partial charge in [0.05, 0.1) is 35.2 Å². The molecule has 0 spiro atoms. The lowest BCUT2D eigenvalue weighted by Crippen LogP contribution is -2.63. The number of benzene rings is 1. The number of rotatable bonds is 5. The van der Waals surface area contributed by atoms with Crippen molar-refractivity contribution in [1.29, 1.82) is 0 Å². The first-order chi connectivity index (χ1) is 20.7. The fourth-order valence-electron chi connectivity index (χ4n) is 10.3. The smallest absolute Gasteiger partial charge is 0.178 e. The van der Waals surface area contributed by atoms with Crippen molar-refractivity contribution in [3.05, 3.63) is 54.3 Å². The van der Waals surface area contributed by atoms with Crippen molar-refractivity contribution in [1.82, 2.24) is 9.97 Å². The normalized spacial score (nSPS) is 41.9. The van der Waals surface area contributed by atoms with E-state index >= 15 is 0 Å². The number of hydrogen-bond acceptors (Lipinski definition) is 8. The van der Waals surface area contributed by atoms with Gasteiger partial charge in [0.2, 0.25) is 0 Å². The zero-order valence-corrected chi connectivity index (χ0v) is 25.7. The Balaban J connectivity index is 1.13. The van der Waals surface area contributed by atoms with Crippen molar-refractivity contribution in [2.75, 3.05) is 5.75 Å². The molecule has 226 valence electrons. The standard InChI is InChI=1S/C35H40N2O5S/c1-33-14-13-22(38)15-21(33)11-12-23-24-16-29-35(34(24,2)17-27(39)31(23)33,42-32(41-29)20-7-3-4-8-20)28(40)19-43-30-18-36-25-9-5-6-10-26(25)37-30/h5-6,9-10,13-15,18,20,23-24,27,29,31-32,39H,3-4,7-8,11-12,16-17,19H2,1-2H3/t23?,24?,27-,29+,31?,32?,33?,34?,35+/m0/s1. The molecule has 5 fully saturated rings. The van der Waals surface area contributed by atoms with Crippen LogP contribution in [-0.4, -0.2) is 56.5 Å². The minimum atomic E-state index is -1.11. The van der Waals surface area contributed by atoms with Crippen LogP contribution in [-0.2, 0) is 19.1 Å². The predicted molar refractivity (Wildman–Crippen MR) is 163 cm³/mol. The number of ether oxygens (including phenoxy) is 2. The van der Waals surface area contributed by atoms with E-state index in [1.165, 1.54) is 24.6 Å². The number of ketones is 2. The number of aliphatic hydroxyl groups excluding tert-OH is 1. The highest BCUT2D eigenvalue weighted by Gasteiger charge is 2.76. The highest BCUT2D eigenvalue weighted by molar-refractivity contribution is 7.99. The van der Waals surface area contributed by atoms with Crippen LogP contribution in [0.1, 0.15) is 65.2 Å². The van der Waals surface area contributed by atoms with Crippen LogP contribution in [0, 0.1) is 34.5 Å². The SMILES string of the molecule is CC12C=CC(=O)C=C1CCC1C2[C@@H](O)CC2(C)C1C[C@H]1OC(C3CCCC3)O[C@]12C(=O)CSc1cnc2ccccc2n1. The average molecular weight is 601 g/mol. The first-order valence-electron chi connectivity index (χ1n) is 16.1. The van der Waals surface area contributed by atoms with Crippen LogP contribution in [0.15, 0.2) is 59.3 Å². The third-order valence-corrected chi connectivity index (χ3v) is 13.1.